The number of carbonyl (C=O) groups excluding carboxylic acids is 1. The first-order valence-corrected chi connectivity index (χ1v) is 8.08. The summed E-state index contributed by atoms with van der Waals surface area (Å²) >= 11 is 0. The fraction of sp³-hybridized carbons (Fsp3) is 0.611. The van der Waals surface area contributed by atoms with Crippen molar-refractivity contribution in [3.63, 3.8) is 0 Å². The SMILES string of the molecule is Cc1ccccc1[C@@H]1C[C@H](C)N(C(=O)[C@]2(C)CCNC2)C1. The van der Waals surface area contributed by atoms with Gasteiger partial charge in [0, 0.05) is 25.0 Å². The van der Waals surface area contributed by atoms with Gasteiger partial charge in [0.2, 0.25) is 5.91 Å². The van der Waals surface area contributed by atoms with Crippen molar-refractivity contribution in [2.75, 3.05) is 19.6 Å². The van der Waals surface area contributed by atoms with Gasteiger partial charge in [-0.05, 0) is 51.3 Å². The average molecular weight is 286 g/mol. The largest absolute Gasteiger partial charge is 0.339 e. The Morgan fingerprint density at radius 3 is 2.81 bits per heavy atom. The topological polar surface area (TPSA) is 32.3 Å². The second-order valence-electron chi connectivity index (χ2n) is 7.08. The molecule has 114 valence electrons. The Kier molecular flexibility index (Phi) is 3.78. The van der Waals surface area contributed by atoms with E-state index in [1.807, 2.05) is 0 Å². The molecule has 2 heterocycles. The average Bonchev–Trinajstić information content (AvgIpc) is 3.06. The van der Waals surface area contributed by atoms with E-state index in [0.717, 1.165) is 32.5 Å². The molecule has 2 aliphatic rings. The summed E-state index contributed by atoms with van der Waals surface area (Å²) in [6, 6.07) is 8.94. The molecule has 3 rings (SSSR count). The van der Waals surface area contributed by atoms with Gasteiger partial charge in [-0.25, -0.2) is 0 Å². The van der Waals surface area contributed by atoms with Crippen LogP contribution in [0.5, 0.6) is 0 Å². The van der Waals surface area contributed by atoms with Crippen LogP contribution in [0.15, 0.2) is 24.3 Å². The number of carbonyl (C=O) groups is 1. The Morgan fingerprint density at radius 2 is 2.14 bits per heavy atom. The molecule has 0 spiro atoms. The van der Waals surface area contributed by atoms with Crippen molar-refractivity contribution in [1.29, 1.82) is 0 Å². The monoisotopic (exact) mass is 286 g/mol. The third-order valence-electron chi connectivity index (χ3n) is 5.35. The summed E-state index contributed by atoms with van der Waals surface area (Å²) < 4.78 is 0. The summed E-state index contributed by atoms with van der Waals surface area (Å²) in [6.45, 7) is 9.15. The van der Waals surface area contributed by atoms with Crippen molar-refractivity contribution in [3.8, 4) is 0 Å². The zero-order chi connectivity index (χ0) is 15.0. The molecular weight excluding hydrogens is 260 g/mol. The summed E-state index contributed by atoms with van der Waals surface area (Å²) in [6.07, 6.45) is 2.05. The summed E-state index contributed by atoms with van der Waals surface area (Å²) in [5, 5.41) is 3.34. The van der Waals surface area contributed by atoms with Crippen LogP contribution in [0.25, 0.3) is 0 Å². The first-order chi connectivity index (χ1) is 10.0. The summed E-state index contributed by atoms with van der Waals surface area (Å²) in [4.78, 5) is 15.1. The first kappa shape index (κ1) is 14.6. The third kappa shape index (κ3) is 2.59. The van der Waals surface area contributed by atoms with Gasteiger partial charge in [-0.15, -0.1) is 0 Å². The molecule has 0 aromatic heterocycles. The molecule has 21 heavy (non-hydrogen) atoms. The van der Waals surface area contributed by atoms with Gasteiger partial charge < -0.3 is 10.2 Å². The molecule has 0 radical (unpaired) electrons. The van der Waals surface area contributed by atoms with Crippen molar-refractivity contribution in [3.05, 3.63) is 35.4 Å². The van der Waals surface area contributed by atoms with Crippen molar-refractivity contribution in [1.82, 2.24) is 10.2 Å². The van der Waals surface area contributed by atoms with Crippen molar-refractivity contribution >= 4 is 5.91 Å². The van der Waals surface area contributed by atoms with E-state index in [1.165, 1.54) is 11.1 Å². The molecule has 3 atom stereocenters. The molecule has 3 nitrogen and oxygen atoms in total. The highest BCUT2D eigenvalue weighted by molar-refractivity contribution is 5.83. The number of amides is 1. The maximum Gasteiger partial charge on any atom is 0.230 e. The van der Waals surface area contributed by atoms with Crippen LogP contribution in [0, 0.1) is 12.3 Å². The van der Waals surface area contributed by atoms with Gasteiger partial charge in [0.25, 0.3) is 0 Å². The van der Waals surface area contributed by atoms with Gasteiger partial charge in [0.15, 0.2) is 0 Å². The summed E-state index contributed by atoms with van der Waals surface area (Å²) in [7, 11) is 0. The Bertz CT molecular complexity index is 534. The molecule has 1 aromatic rings. The van der Waals surface area contributed by atoms with Gasteiger partial charge in [0.05, 0.1) is 5.41 Å². The number of hydrogen-bond acceptors (Lipinski definition) is 2. The molecule has 0 bridgehead atoms. The van der Waals surface area contributed by atoms with E-state index >= 15 is 0 Å². The Morgan fingerprint density at radius 1 is 1.38 bits per heavy atom. The highest BCUT2D eigenvalue weighted by atomic mass is 16.2. The van der Waals surface area contributed by atoms with E-state index in [4.69, 9.17) is 0 Å². The van der Waals surface area contributed by atoms with Gasteiger partial charge in [-0.3, -0.25) is 4.79 Å². The standard InChI is InChI=1S/C18H26N2O/c1-13-6-4-5-7-16(13)15-10-14(2)20(11-15)17(21)18(3)8-9-19-12-18/h4-7,14-15,19H,8-12H2,1-3H3/t14-,15+,18+/m0/s1. The lowest BCUT2D eigenvalue weighted by Crippen LogP contribution is -2.45. The zero-order valence-electron chi connectivity index (χ0n) is 13.4. The van der Waals surface area contributed by atoms with Gasteiger partial charge in [-0.1, -0.05) is 24.3 Å². The maximum atomic E-state index is 12.9. The Hall–Kier alpha value is -1.35. The Labute approximate surface area is 127 Å². The summed E-state index contributed by atoms with van der Waals surface area (Å²) in [5.41, 5.74) is 2.56. The zero-order valence-corrected chi connectivity index (χ0v) is 13.4. The molecular formula is C18H26N2O. The molecule has 0 unspecified atom stereocenters. The normalized spacial score (nSPS) is 32.6. The van der Waals surface area contributed by atoms with E-state index in [-0.39, 0.29) is 5.41 Å². The van der Waals surface area contributed by atoms with Crippen LogP contribution >= 0.6 is 0 Å². The van der Waals surface area contributed by atoms with E-state index in [0.29, 0.717) is 17.9 Å². The predicted octanol–water partition coefficient (Wildman–Crippen LogP) is 2.70. The van der Waals surface area contributed by atoms with Gasteiger partial charge >= 0.3 is 0 Å². The third-order valence-corrected chi connectivity index (χ3v) is 5.35. The van der Waals surface area contributed by atoms with Crippen molar-refractivity contribution in [2.45, 2.75) is 45.6 Å². The molecule has 1 N–H and O–H groups in total. The lowest BCUT2D eigenvalue weighted by atomic mass is 9.88. The first-order valence-electron chi connectivity index (χ1n) is 8.08. The number of benzene rings is 1. The molecule has 0 aliphatic carbocycles. The van der Waals surface area contributed by atoms with E-state index < -0.39 is 0 Å². The van der Waals surface area contributed by atoms with Crippen LogP contribution in [0.3, 0.4) is 0 Å². The van der Waals surface area contributed by atoms with Crippen molar-refractivity contribution < 1.29 is 4.79 Å². The molecule has 1 aromatic carbocycles. The quantitative estimate of drug-likeness (QED) is 0.906. The highest BCUT2D eigenvalue weighted by Crippen LogP contribution is 2.37. The fourth-order valence-electron chi connectivity index (χ4n) is 3.93. The van der Waals surface area contributed by atoms with Gasteiger partial charge in [-0.2, -0.15) is 0 Å². The molecule has 2 saturated heterocycles. The van der Waals surface area contributed by atoms with Crippen LogP contribution < -0.4 is 5.32 Å². The van der Waals surface area contributed by atoms with Crippen LogP contribution in [0.1, 0.15) is 43.7 Å². The minimum Gasteiger partial charge on any atom is -0.339 e. The molecule has 2 fully saturated rings. The Balaban J connectivity index is 1.77. The molecule has 0 saturated carbocycles. The van der Waals surface area contributed by atoms with Crippen LogP contribution in [0.4, 0.5) is 0 Å². The molecule has 1 amide bonds. The minimum absolute atomic E-state index is 0.200. The number of aryl methyl sites for hydroxylation is 1. The van der Waals surface area contributed by atoms with Crippen LogP contribution in [-0.2, 0) is 4.79 Å². The van der Waals surface area contributed by atoms with E-state index in [1.54, 1.807) is 0 Å². The number of nitrogens with zero attached hydrogens (tertiary/aromatic N) is 1. The second kappa shape index (κ2) is 5.45. The minimum atomic E-state index is -0.200. The number of rotatable bonds is 2. The summed E-state index contributed by atoms with van der Waals surface area (Å²) in [5.74, 6) is 0.833. The second-order valence-corrected chi connectivity index (χ2v) is 7.08. The predicted molar refractivity (Wildman–Crippen MR) is 85.3 cm³/mol. The van der Waals surface area contributed by atoms with Crippen LogP contribution in [-0.4, -0.2) is 36.5 Å². The lowest BCUT2D eigenvalue weighted by Gasteiger charge is -2.31. The fourth-order valence-corrected chi connectivity index (χ4v) is 3.93. The number of nitrogens with one attached hydrogen (secondary N) is 1. The molecule has 3 heteroatoms. The lowest BCUT2D eigenvalue weighted by molar-refractivity contribution is -0.140. The number of likely N-dealkylation sites (tertiary alicyclic amines) is 1. The van der Waals surface area contributed by atoms with E-state index in [9.17, 15) is 4.79 Å². The van der Waals surface area contributed by atoms with E-state index in [2.05, 4.69) is 55.3 Å². The maximum absolute atomic E-state index is 12.9. The molecule has 2 aliphatic heterocycles. The van der Waals surface area contributed by atoms with Gasteiger partial charge in [0.1, 0.15) is 0 Å². The van der Waals surface area contributed by atoms with Crippen molar-refractivity contribution in [2.24, 2.45) is 5.41 Å². The van der Waals surface area contributed by atoms with Crippen LogP contribution in [0.2, 0.25) is 0 Å². The highest BCUT2D eigenvalue weighted by Gasteiger charge is 2.43. The number of hydrogen-bond donors (Lipinski definition) is 1. The smallest absolute Gasteiger partial charge is 0.230 e.